The third kappa shape index (κ3) is 1.93. The quantitative estimate of drug-likeness (QED) is 0.852. The smallest absolute Gasteiger partial charge is 0.232 e. The molecular weight excluding hydrogens is 218 g/mol. The van der Waals surface area contributed by atoms with E-state index in [4.69, 9.17) is 4.52 Å². The SMILES string of the molecule is OC1CCCC1c1nc(-c2ccncc2)no1. The topological polar surface area (TPSA) is 72.0 Å². The summed E-state index contributed by atoms with van der Waals surface area (Å²) in [6, 6.07) is 3.67. The van der Waals surface area contributed by atoms with Crippen molar-refractivity contribution in [2.75, 3.05) is 0 Å². The molecule has 1 N–H and O–H groups in total. The van der Waals surface area contributed by atoms with Gasteiger partial charge in [-0.1, -0.05) is 5.16 Å². The van der Waals surface area contributed by atoms with Crippen LogP contribution in [0.1, 0.15) is 31.1 Å². The van der Waals surface area contributed by atoms with Crippen LogP contribution in [0.2, 0.25) is 0 Å². The van der Waals surface area contributed by atoms with Crippen LogP contribution >= 0.6 is 0 Å². The fourth-order valence-corrected chi connectivity index (χ4v) is 2.23. The van der Waals surface area contributed by atoms with Crippen LogP contribution in [0, 0.1) is 0 Å². The van der Waals surface area contributed by atoms with Gasteiger partial charge in [0.25, 0.3) is 0 Å². The van der Waals surface area contributed by atoms with Crippen molar-refractivity contribution in [1.29, 1.82) is 0 Å². The van der Waals surface area contributed by atoms with E-state index in [9.17, 15) is 5.11 Å². The zero-order valence-electron chi connectivity index (χ0n) is 9.28. The van der Waals surface area contributed by atoms with E-state index in [1.54, 1.807) is 12.4 Å². The molecule has 2 atom stereocenters. The van der Waals surface area contributed by atoms with Crippen LogP contribution in [-0.2, 0) is 0 Å². The number of aliphatic hydroxyl groups is 1. The summed E-state index contributed by atoms with van der Waals surface area (Å²) in [4.78, 5) is 8.29. The molecule has 88 valence electrons. The second kappa shape index (κ2) is 4.25. The number of aliphatic hydroxyl groups excluding tert-OH is 1. The van der Waals surface area contributed by atoms with Crippen LogP contribution in [0.5, 0.6) is 0 Å². The van der Waals surface area contributed by atoms with Crippen molar-refractivity contribution < 1.29 is 9.63 Å². The Kier molecular flexibility index (Phi) is 2.60. The number of rotatable bonds is 2. The van der Waals surface area contributed by atoms with Crippen molar-refractivity contribution in [2.45, 2.75) is 31.3 Å². The molecule has 0 aliphatic heterocycles. The van der Waals surface area contributed by atoms with Gasteiger partial charge in [0, 0.05) is 18.0 Å². The molecule has 0 spiro atoms. The van der Waals surface area contributed by atoms with Crippen LogP contribution in [0.4, 0.5) is 0 Å². The summed E-state index contributed by atoms with van der Waals surface area (Å²) in [7, 11) is 0. The zero-order chi connectivity index (χ0) is 11.7. The Morgan fingerprint density at radius 3 is 2.76 bits per heavy atom. The van der Waals surface area contributed by atoms with Gasteiger partial charge in [0.2, 0.25) is 11.7 Å². The number of hydrogen-bond donors (Lipinski definition) is 1. The van der Waals surface area contributed by atoms with Crippen LogP contribution in [0.25, 0.3) is 11.4 Å². The number of aromatic nitrogens is 3. The van der Waals surface area contributed by atoms with Crippen LogP contribution in [-0.4, -0.2) is 26.3 Å². The third-order valence-electron chi connectivity index (χ3n) is 3.18. The molecule has 5 nitrogen and oxygen atoms in total. The summed E-state index contributed by atoms with van der Waals surface area (Å²) in [6.07, 6.45) is 5.78. The highest BCUT2D eigenvalue weighted by Gasteiger charge is 2.31. The molecule has 3 rings (SSSR count). The number of pyridine rings is 1. The fraction of sp³-hybridized carbons (Fsp3) is 0.417. The lowest BCUT2D eigenvalue weighted by Crippen LogP contribution is -2.11. The van der Waals surface area contributed by atoms with Gasteiger partial charge in [0.15, 0.2) is 0 Å². The largest absolute Gasteiger partial charge is 0.392 e. The maximum Gasteiger partial charge on any atom is 0.232 e. The predicted octanol–water partition coefficient (Wildman–Crippen LogP) is 1.76. The number of hydrogen-bond acceptors (Lipinski definition) is 5. The lowest BCUT2D eigenvalue weighted by molar-refractivity contribution is 0.148. The molecule has 1 fully saturated rings. The molecule has 0 bridgehead atoms. The first kappa shape index (κ1) is 10.4. The highest BCUT2D eigenvalue weighted by Crippen LogP contribution is 2.34. The molecule has 1 aliphatic rings. The number of nitrogens with zero attached hydrogens (tertiary/aromatic N) is 3. The highest BCUT2D eigenvalue weighted by atomic mass is 16.5. The van der Waals surface area contributed by atoms with Crippen molar-refractivity contribution in [3.63, 3.8) is 0 Å². The molecule has 1 aliphatic carbocycles. The predicted molar refractivity (Wildman–Crippen MR) is 60.1 cm³/mol. The minimum atomic E-state index is -0.347. The van der Waals surface area contributed by atoms with Gasteiger partial charge in [0.1, 0.15) is 0 Å². The van der Waals surface area contributed by atoms with E-state index in [1.165, 1.54) is 0 Å². The fourth-order valence-electron chi connectivity index (χ4n) is 2.23. The van der Waals surface area contributed by atoms with Crippen molar-refractivity contribution >= 4 is 0 Å². The molecule has 2 heterocycles. The third-order valence-corrected chi connectivity index (χ3v) is 3.18. The minimum absolute atomic E-state index is 0.00177. The summed E-state index contributed by atoms with van der Waals surface area (Å²) in [5.74, 6) is 1.10. The van der Waals surface area contributed by atoms with Gasteiger partial charge in [-0.25, -0.2) is 0 Å². The Morgan fingerprint density at radius 1 is 1.24 bits per heavy atom. The van der Waals surface area contributed by atoms with Crippen molar-refractivity contribution in [3.8, 4) is 11.4 Å². The summed E-state index contributed by atoms with van der Waals surface area (Å²) >= 11 is 0. The highest BCUT2D eigenvalue weighted by molar-refractivity contribution is 5.52. The molecule has 2 aromatic heterocycles. The molecular formula is C12H13N3O2. The van der Waals surface area contributed by atoms with Crippen LogP contribution in [0.3, 0.4) is 0 Å². The maximum atomic E-state index is 9.78. The summed E-state index contributed by atoms with van der Waals surface area (Å²) < 4.78 is 5.23. The van der Waals surface area contributed by atoms with Gasteiger partial charge in [-0.2, -0.15) is 4.98 Å². The second-order valence-electron chi connectivity index (χ2n) is 4.30. The summed E-state index contributed by atoms with van der Waals surface area (Å²) in [5.41, 5.74) is 0.877. The van der Waals surface area contributed by atoms with E-state index in [-0.39, 0.29) is 12.0 Å². The zero-order valence-corrected chi connectivity index (χ0v) is 9.28. The van der Waals surface area contributed by atoms with Gasteiger partial charge in [-0.05, 0) is 31.4 Å². The molecule has 0 saturated heterocycles. The van der Waals surface area contributed by atoms with Gasteiger partial charge in [0.05, 0.1) is 12.0 Å². The lowest BCUT2D eigenvalue weighted by Gasteiger charge is -2.07. The minimum Gasteiger partial charge on any atom is -0.392 e. The van der Waals surface area contributed by atoms with Gasteiger partial charge in [-0.3, -0.25) is 4.98 Å². The van der Waals surface area contributed by atoms with E-state index in [2.05, 4.69) is 15.1 Å². The Bertz CT molecular complexity index is 497. The van der Waals surface area contributed by atoms with Crippen molar-refractivity contribution in [1.82, 2.24) is 15.1 Å². The van der Waals surface area contributed by atoms with E-state index >= 15 is 0 Å². The molecule has 0 amide bonds. The monoisotopic (exact) mass is 231 g/mol. The van der Waals surface area contributed by atoms with E-state index in [0.717, 1.165) is 24.8 Å². The first-order valence-electron chi connectivity index (χ1n) is 5.76. The van der Waals surface area contributed by atoms with E-state index < -0.39 is 0 Å². The summed E-state index contributed by atoms with van der Waals surface area (Å²) in [5, 5.41) is 13.7. The molecule has 0 aromatic carbocycles. The Morgan fingerprint density at radius 2 is 2.06 bits per heavy atom. The normalized spacial score (nSPS) is 24.1. The van der Waals surface area contributed by atoms with Crippen molar-refractivity contribution in [3.05, 3.63) is 30.4 Å². The second-order valence-corrected chi connectivity index (χ2v) is 4.30. The van der Waals surface area contributed by atoms with Crippen LogP contribution in [0.15, 0.2) is 29.0 Å². The average Bonchev–Trinajstić information content (AvgIpc) is 2.98. The molecule has 17 heavy (non-hydrogen) atoms. The Balaban J connectivity index is 1.88. The van der Waals surface area contributed by atoms with Crippen LogP contribution < -0.4 is 0 Å². The maximum absolute atomic E-state index is 9.78. The Hall–Kier alpha value is -1.75. The Labute approximate surface area is 98.5 Å². The first-order valence-corrected chi connectivity index (χ1v) is 5.76. The molecule has 2 unspecified atom stereocenters. The van der Waals surface area contributed by atoms with Gasteiger partial charge in [-0.15, -0.1) is 0 Å². The van der Waals surface area contributed by atoms with Crippen molar-refractivity contribution in [2.24, 2.45) is 0 Å². The van der Waals surface area contributed by atoms with Gasteiger partial charge < -0.3 is 9.63 Å². The molecule has 2 aromatic rings. The van der Waals surface area contributed by atoms with E-state index in [1.807, 2.05) is 12.1 Å². The van der Waals surface area contributed by atoms with E-state index in [0.29, 0.717) is 11.7 Å². The average molecular weight is 231 g/mol. The summed E-state index contributed by atoms with van der Waals surface area (Å²) in [6.45, 7) is 0. The molecule has 1 saturated carbocycles. The first-order chi connectivity index (χ1) is 8.34. The standard InChI is InChI=1S/C12H13N3O2/c16-10-3-1-2-9(10)12-14-11(15-17-12)8-4-6-13-7-5-8/h4-7,9-10,16H,1-3H2. The lowest BCUT2D eigenvalue weighted by atomic mass is 10.1. The molecule has 0 radical (unpaired) electrons. The molecule has 5 heteroatoms. The van der Waals surface area contributed by atoms with Gasteiger partial charge >= 0.3 is 0 Å².